The molecular formula is C12H14ClN3O. The smallest absolute Gasteiger partial charge is 0.231 e. The zero-order chi connectivity index (χ0) is 12.3. The number of aromatic nitrogens is 2. The fourth-order valence-corrected chi connectivity index (χ4v) is 1.74. The SMILES string of the molecule is CC(N)Cc1noc(Cc2ccccc2Cl)n1. The summed E-state index contributed by atoms with van der Waals surface area (Å²) < 4.78 is 5.15. The molecule has 1 aromatic carbocycles. The van der Waals surface area contributed by atoms with Gasteiger partial charge >= 0.3 is 0 Å². The molecule has 0 fully saturated rings. The van der Waals surface area contributed by atoms with Gasteiger partial charge in [-0.2, -0.15) is 4.98 Å². The van der Waals surface area contributed by atoms with E-state index in [1.807, 2.05) is 31.2 Å². The standard InChI is InChI=1S/C12H14ClN3O/c1-8(14)6-11-15-12(17-16-11)7-9-4-2-3-5-10(9)13/h2-5,8H,6-7,14H2,1H3. The van der Waals surface area contributed by atoms with Crippen LogP contribution >= 0.6 is 11.6 Å². The molecule has 0 aliphatic heterocycles. The molecule has 0 aliphatic rings. The fourth-order valence-electron chi connectivity index (χ4n) is 1.54. The minimum Gasteiger partial charge on any atom is -0.339 e. The molecule has 0 bridgehead atoms. The lowest BCUT2D eigenvalue weighted by Gasteiger charge is -1.99. The molecule has 2 rings (SSSR count). The van der Waals surface area contributed by atoms with Gasteiger partial charge in [-0.3, -0.25) is 0 Å². The summed E-state index contributed by atoms with van der Waals surface area (Å²) in [7, 11) is 0. The van der Waals surface area contributed by atoms with Gasteiger partial charge in [0.2, 0.25) is 5.89 Å². The van der Waals surface area contributed by atoms with Crippen molar-refractivity contribution in [2.24, 2.45) is 5.73 Å². The molecule has 0 saturated carbocycles. The number of hydrogen-bond donors (Lipinski definition) is 1. The predicted octanol–water partition coefficient (Wildman–Crippen LogP) is 2.20. The van der Waals surface area contributed by atoms with E-state index in [9.17, 15) is 0 Å². The van der Waals surface area contributed by atoms with Gasteiger partial charge in [-0.05, 0) is 18.6 Å². The second kappa shape index (κ2) is 5.29. The van der Waals surface area contributed by atoms with E-state index in [-0.39, 0.29) is 6.04 Å². The lowest BCUT2D eigenvalue weighted by atomic mass is 10.1. The molecule has 1 heterocycles. The van der Waals surface area contributed by atoms with E-state index in [1.165, 1.54) is 0 Å². The van der Waals surface area contributed by atoms with E-state index in [0.29, 0.717) is 29.6 Å². The van der Waals surface area contributed by atoms with Gasteiger partial charge in [0.25, 0.3) is 0 Å². The summed E-state index contributed by atoms with van der Waals surface area (Å²) in [6, 6.07) is 7.64. The zero-order valence-corrected chi connectivity index (χ0v) is 10.3. The van der Waals surface area contributed by atoms with Gasteiger partial charge in [0, 0.05) is 17.5 Å². The molecule has 0 amide bonds. The molecule has 2 aromatic rings. The third kappa shape index (κ3) is 3.28. The maximum Gasteiger partial charge on any atom is 0.231 e. The average molecular weight is 252 g/mol. The van der Waals surface area contributed by atoms with Gasteiger partial charge in [0.1, 0.15) is 0 Å². The second-order valence-electron chi connectivity index (χ2n) is 4.05. The van der Waals surface area contributed by atoms with Gasteiger partial charge in [-0.1, -0.05) is 35.0 Å². The average Bonchev–Trinajstić information content (AvgIpc) is 2.68. The number of rotatable bonds is 4. The highest BCUT2D eigenvalue weighted by molar-refractivity contribution is 6.31. The maximum atomic E-state index is 6.06. The zero-order valence-electron chi connectivity index (χ0n) is 9.56. The van der Waals surface area contributed by atoms with Gasteiger partial charge in [0.15, 0.2) is 5.82 Å². The molecule has 0 spiro atoms. The second-order valence-corrected chi connectivity index (χ2v) is 4.46. The van der Waals surface area contributed by atoms with Crippen molar-refractivity contribution >= 4 is 11.6 Å². The highest BCUT2D eigenvalue weighted by Gasteiger charge is 2.10. The molecule has 1 atom stereocenters. The van der Waals surface area contributed by atoms with E-state index in [1.54, 1.807) is 0 Å². The van der Waals surface area contributed by atoms with Crippen molar-refractivity contribution in [3.8, 4) is 0 Å². The lowest BCUT2D eigenvalue weighted by molar-refractivity contribution is 0.378. The van der Waals surface area contributed by atoms with Gasteiger partial charge in [0.05, 0.1) is 6.42 Å². The molecule has 5 heteroatoms. The summed E-state index contributed by atoms with van der Waals surface area (Å²) in [5, 5.41) is 4.58. The Kier molecular flexibility index (Phi) is 3.76. The minimum atomic E-state index is 0.0285. The first-order valence-corrected chi connectivity index (χ1v) is 5.83. The molecule has 17 heavy (non-hydrogen) atoms. The van der Waals surface area contributed by atoms with Crippen LogP contribution in [-0.4, -0.2) is 16.2 Å². The quantitative estimate of drug-likeness (QED) is 0.905. The summed E-state index contributed by atoms with van der Waals surface area (Å²) in [4.78, 5) is 4.27. The minimum absolute atomic E-state index is 0.0285. The van der Waals surface area contributed by atoms with Crippen molar-refractivity contribution in [3.05, 3.63) is 46.6 Å². The first-order chi connectivity index (χ1) is 8.15. The Morgan fingerprint density at radius 3 is 2.88 bits per heavy atom. The van der Waals surface area contributed by atoms with E-state index >= 15 is 0 Å². The van der Waals surface area contributed by atoms with Crippen LogP contribution in [0.1, 0.15) is 24.2 Å². The van der Waals surface area contributed by atoms with Crippen LogP contribution in [0.5, 0.6) is 0 Å². The number of nitrogens with two attached hydrogens (primary N) is 1. The molecule has 0 aliphatic carbocycles. The highest BCUT2D eigenvalue weighted by Crippen LogP contribution is 2.18. The Balaban J connectivity index is 2.09. The van der Waals surface area contributed by atoms with Crippen molar-refractivity contribution in [1.29, 1.82) is 0 Å². The predicted molar refractivity (Wildman–Crippen MR) is 65.9 cm³/mol. The Morgan fingerprint density at radius 2 is 2.18 bits per heavy atom. The monoisotopic (exact) mass is 251 g/mol. The summed E-state index contributed by atoms with van der Waals surface area (Å²) >= 11 is 6.06. The van der Waals surface area contributed by atoms with Crippen molar-refractivity contribution in [2.75, 3.05) is 0 Å². The Hall–Kier alpha value is -1.39. The van der Waals surface area contributed by atoms with Crippen LogP contribution in [0.15, 0.2) is 28.8 Å². The van der Waals surface area contributed by atoms with Crippen LogP contribution in [0.25, 0.3) is 0 Å². The molecular weight excluding hydrogens is 238 g/mol. The molecule has 90 valence electrons. The summed E-state index contributed by atoms with van der Waals surface area (Å²) in [5.74, 6) is 1.20. The maximum absolute atomic E-state index is 6.06. The van der Waals surface area contributed by atoms with Crippen LogP contribution in [-0.2, 0) is 12.8 Å². The lowest BCUT2D eigenvalue weighted by Crippen LogP contribution is -2.18. The van der Waals surface area contributed by atoms with Gasteiger partial charge in [-0.25, -0.2) is 0 Å². The first-order valence-electron chi connectivity index (χ1n) is 5.45. The normalized spacial score (nSPS) is 12.6. The number of hydrogen-bond acceptors (Lipinski definition) is 4. The highest BCUT2D eigenvalue weighted by atomic mass is 35.5. The van der Waals surface area contributed by atoms with Crippen molar-refractivity contribution in [2.45, 2.75) is 25.8 Å². The van der Waals surface area contributed by atoms with Crippen molar-refractivity contribution < 1.29 is 4.52 Å². The Labute approximate surface area is 105 Å². The third-order valence-electron chi connectivity index (χ3n) is 2.31. The van der Waals surface area contributed by atoms with Gasteiger partial charge in [-0.15, -0.1) is 0 Å². The Morgan fingerprint density at radius 1 is 1.41 bits per heavy atom. The van der Waals surface area contributed by atoms with E-state index in [2.05, 4.69) is 10.1 Å². The molecule has 2 N–H and O–H groups in total. The number of halogens is 1. The van der Waals surface area contributed by atoms with Crippen LogP contribution in [0.2, 0.25) is 5.02 Å². The summed E-state index contributed by atoms with van der Waals surface area (Å²) in [6.45, 7) is 1.91. The van der Waals surface area contributed by atoms with Crippen LogP contribution in [0, 0.1) is 0 Å². The van der Waals surface area contributed by atoms with E-state index in [0.717, 1.165) is 5.56 Å². The van der Waals surface area contributed by atoms with Crippen LogP contribution in [0.4, 0.5) is 0 Å². The fraction of sp³-hybridized carbons (Fsp3) is 0.333. The topological polar surface area (TPSA) is 64.9 Å². The molecule has 4 nitrogen and oxygen atoms in total. The summed E-state index contributed by atoms with van der Waals surface area (Å²) in [6.07, 6.45) is 1.16. The van der Waals surface area contributed by atoms with Crippen molar-refractivity contribution in [1.82, 2.24) is 10.1 Å². The van der Waals surface area contributed by atoms with E-state index < -0.39 is 0 Å². The van der Waals surface area contributed by atoms with Crippen LogP contribution < -0.4 is 5.73 Å². The largest absolute Gasteiger partial charge is 0.339 e. The molecule has 1 aromatic heterocycles. The van der Waals surface area contributed by atoms with Gasteiger partial charge < -0.3 is 10.3 Å². The third-order valence-corrected chi connectivity index (χ3v) is 2.68. The number of nitrogens with zero attached hydrogens (tertiary/aromatic N) is 2. The molecule has 0 saturated heterocycles. The van der Waals surface area contributed by atoms with Crippen LogP contribution in [0.3, 0.4) is 0 Å². The van der Waals surface area contributed by atoms with Crippen molar-refractivity contribution in [3.63, 3.8) is 0 Å². The number of benzene rings is 1. The molecule has 1 unspecified atom stereocenters. The summed E-state index contributed by atoms with van der Waals surface area (Å²) in [5.41, 5.74) is 6.64. The first kappa shape index (κ1) is 12.1. The molecule has 0 radical (unpaired) electrons. The van der Waals surface area contributed by atoms with E-state index in [4.69, 9.17) is 21.9 Å². The Bertz CT molecular complexity index is 496.